The van der Waals surface area contributed by atoms with Crippen LogP contribution in [0.15, 0.2) is 95.4 Å². The molecule has 0 radical (unpaired) electrons. The van der Waals surface area contributed by atoms with Gasteiger partial charge in [-0.1, -0.05) is 36.4 Å². The maximum atomic E-state index is 13.3. The number of primary sulfonamides is 2. The first-order valence-corrected chi connectivity index (χ1v) is 18.2. The number of anilines is 1. The number of para-hydroxylation sites is 2. The van der Waals surface area contributed by atoms with Crippen molar-refractivity contribution < 1.29 is 36.1 Å². The summed E-state index contributed by atoms with van der Waals surface area (Å²) in [6, 6.07) is 18.8. The lowest BCUT2D eigenvalue weighted by Crippen LogP contribution is -2.38. The van der Waals surface area contributed by atoms with Crippen LogP contribution < -0.4 is 19.7 Å². The Hall–Kier alpha value is -4.43. The molecule has 0 amide bonds. The molecule has 0 spiro atoms. The van der Waals surface area contributed by atoms with Crippen molar-refractivity contribution in [2.45, 2.75) is 32.2 Å². The van der Waals surface area contributed by atoms with Crippen molar-refractivity contribution in [3.05, 3.63) is 107 Å². The fraction of sp³-hybridized carbons (Fsp3) is 0.242. The van der Waals surface area contributed by atoms with Crippen LogP contribution in [0.1, 0.15) is 36.9 Å². The van der Waals surface area contributed by atoms with E-state index in [-0.39, 0.29) is 22.7 Å². The number of nitrogens with zero attached hydrogens (tertiary/aromatic N) is 2. The van der Waals surface area contributed by atoms with Gasteiger partial charge in [-0.3, -0.25) is 9.59 Å². The third-order valence-corrected chi connectivity index (χ3v) is 9.57. The van der Waals surface area contributed by atoms with Crippen molar-refractivity contribution in [2.24, 2.45) is 10.3 Å². The Balaban J connectivity index is 1.50. The number of hydrogen-bond donors (Lipinski definition) is 3. The molecule has 240 valence electrons. The van der Waals surface area contributed by atoms with E-state index in [0.717, 1.165) is 22.2 Å². The van der Waals surface area contributed by atoms with Gasteiger partial charge in [-0.2, -0.15) is 4.57 Å². The highest BCUT2D eigenvalue weighted by molar-refractivity contribution is 7.89. The van der Waals surface area contributed by atoms with Crippen LogP contribution in [-0.2, 0) is 36.2 Å². The van der Waals surface area contributed by atoms with Gasteiger partial charge < -0.3 is 10.0 Å². The number of carbonyl (C=O) groups excluding carboxylic acids is 2. The Kier molecular flexibility index (Phi) is 9.68. The molecule has 0 atom stereocenters. The van der Waals surface area contributed by atoms with E-state index in [0.29, 0.717) is 50.2 Å². The van der Waals surface area contributed by atoms with Gasteiger partial charge in [0.2, 0.25) is 42.8 Å². The van der Waals surface area contributed by atoms with Gasteiger partial charge in [0.25, 0.3) is 0 Å². The number of benzene rings is 2. The number of unbranched alkanes of at least 4 members (excludes halogenated alkanes) is 2. The minimum atomic E-state index is -3.61. The number of ketones is 2. The maximum absolute atomic E-state index is 13.3. The van der Waals surface area contributed by atoms with Crippen molar-refractivity contribution in [3.8, 4) is 0 Å². The number of carbonyl (C=O) groups is 2. The first-order valence-electron chi connectivity index (χ1n) is 14.8. The molecule has 1 aliphatic heterocycles. The molecule has 5 rings (SSSR count). The number of nitrogens with two attached hydrogens (primary N) is 2. The number of rotatable bonds is 12. The smallest absolute Gasteiger partial charge is 0.237 e. The molecule has 0 bridgehead atoms. The summed E-state index contributed by atoms with van der Waals surface area (Å²) in [6.07, 6.45) is 8.23. The van der Waals surface area contributed by atoms with Gasteiger partial charge >= 0.3 is 0 Å². The quantitative estimate of drug-likeness (QED) is 0.114. The molecule has 0 unspecified atom stereocenters. The lowest BCUT2D eigenvalue weighted by molar-refractivity contribution is -0.673. The third kappa shape index (κ3) is 7.68. The van der Waals surface area contributed by atoms with Crippen LogP contribution in [0.3, 0.4) is 0 Å². The van der Waals surface area contributed by atoms with Crippen molar-refractivity contribution in [2.75, 3.05) is 23.0 Å². The van der Waals surface area contributed by atoms with Gasteiger partial charge in [0.15, 0.2) is 0 Å². The van der Waals surface area contributed by atoms with E-state index < -0.39 is 37.4 Å². The second-order valence-electron chi connectivity index (χ2n) is 11.2. The molecule has 0 saturated heterocycles. The summed E-state index contributed by atoms with van der Waals surface area (Å²) in [5.41, 5.74) is 3.39. The average Bonchev–Trinajstić information content (AvgIpc) is 3.20. The number of Topliss-reactive ketones (excluding diaryl/α,β-unsaturated/α-hetero) is 2. The van der Waals surface area contributed by atoms with Crippen LogP contribution in [0.25, 0.3) is 23.1 Å². The first kappa shape index (κ1) is 32.9. The van der Waals surface area contributed by atoms with Gasteiger partial charge in [0.05, 0.1) is 22.7 Å². The second-order valence-corrected chi connectivity index (χ2v) is 14.7. The number of aromatic nitrogens is 1. The molecule has 13 heteroatoms. The normalized spacial score (nSPS) is 17.1. The molecular weight excluding hydrogens is 629 g/mol. The minimum Gasteiger partial charge on any atom is -0.506 e. The van der Waals surface area contributed by atoms with Crippen molar-refractivity contribution in [3.63, 3.8) is 0 Å². The number of aryl methyl sites for hydroxylation is 1. The number of allylic oxidation sites excluding steroid dienone is 4. The predicted molar refractivity (Wildman–Crippen MR) is 177 cm³/mol. The standard InChI is InChI=1S/C33H34N4O7S2/c34-45(41,42)19-7-5-17-36-25(15-13-23-9-1-3-11-29(23)36)21-27-31(38)28(33(40)32(27)39)22-26-16-14-24-10-2-4-12-30(24)37(26)18-6-8-20-46(35,43)44/h1-4,9-16,21-22H,5-8,17-20H2,(H4-,34,35,38,39,40,41,42,43,44)/p+1. The molecule has 46 heavy (non-hydrogen) atoms. The monoisotopic (exact) mass is 663 g/mol. The molecule has 2 aromatic carbocycles. The molecule has 0 saturated carbocycles. The largest absolute Gasteiger partial charge is 0.506 e. The molecule has 11 nitrogen and oxygen atoms in total. The van der Waals surface area contributed by atoms with E-state index >= 15 is 0 Å². The van der Waals surface area contributed by atoms with Gasteiger partial charge in [-0.05, 0) is 55.2 Å². The number of sulfonamides is 2. The van der Waals surface area contributed by atoms with E-state index in [9.17, 15) is 31.5 Å². The summed E-state index contributed by atoms with van der Waals surface area (Å²) >= 11 is 0. The minimum absolute atomic E-state index is 0.148. The van der Waals surface area contributed by atoms with Gasteiger partial charge in [-0.25, -0.2) is 27.1 Å². The summed E-state index contributed by atoms with van der Waals surface area (Å²) in [4.78, 5) is 28.4. The number of aliphatic hydroxyl groups is 1. The zero-order chi connectivity index (χ0) is 33.1. The zero-order valence-corrected chi connectivity index (χ0v) is 26.6. The Morgan fingerprint density at radius 1 is 0.761 bits per heavy atom. The summed E-state index contributed by atoms with van der Waals surface area (Å²) in [6.45, 7) is 0.814. The summed E-state index contributed by atoms with van der Waals surface area (Å²) in [5.74, 6) is -2.47. The van der Waals surface area contributed by atoms with E-state index in [2.05, 4.69) is 0 Å². The SMILES string of the molecule is NS(=O)(=O)CCCCN1C(=CC2=C(O)C(=Cc3ccc4ccccc4[n+]3CCCCS(N)(=O)=O)C(=O)C2=O)C=Cc2ccccc21. The fourth-order valence-corrected chi connectivity index (χ4v) is 6.84. The number of hydrogen-bond acceptors (Lipinski definition) is 8. The molecule has 1 aliphatic carbocycles. The number of fused-ring (bicyclic) bond motifs is 2. The molecule has 2 aliphatic rings. The molecule has 1 aromatic heterocycles. The molecule has 0 fully saturated rings. The Morgan fingerprint density at radius 3 is 2.17 bits per heavy atom. The lowest BCUT2D eigenvalue weighted by Gasteiger charge is -2.30. The summed E-state index contributed by atoms with van der Waals surface area (Å²) < 4.78 is 47.6. The van der Waals surface area contributed by atoms with Crippen LogP contribution >= 0.6 is 0 Å². The Bertz CT molecular complexity index is 2060. The highest BCUT2D eigenvalue weighted by Gasteiger charge is 2.37. The van der Waals surface area contributed by atoms with Crippen molar-refractivity contribution in [1.29, 1.82) is 0 Å². The maximum Gasteiger partial charge on any atom is 0.237 e. The van der Waals surface area contributed by atoms with Gasteiger partial charge in [0, 0.05) is 47.9 Å². The number of pyridine rings is 1. The van der Waals surface area contributed by atoms with Crippen molar-refractivity contribution >= 4 is 60.4 Å². The molecule has 2 heterocycles. The Labute approximate surface area is 267 Å². The van der Waals surface area contributed by atoms with Crippen LogP contribution in [0, 0.1) is 0 Å². The topological polar surface area (TPSA) is 182 Å². The van der Waals surface area contributed by atoms with Crippen LogP contribution in [0.5, 0.6) is 0 Å². The highest BCUT2D eigenvalue weighted by Crippen LogP contribution is 2.34. The van der Waals surface area contributed by atoms with Crippen LogP contribution in [-0.4, -0.2) is 51.6 Å². The first-order chi connectivity index (χ1) is 21.8. The highest BCUT2D eigenvalue weighted by atomic mass is 32.2. The van der Waals surface area contributed by atoms with Crippen LogP contribution in [0.4, 0.5) is 5.69 Å². The number of aliphatic hydroxyl groups excluding tert-OH is 1. The van der Waals surface area contributed by atoms with Gasteiger partial charge in [-0.15, -0.1) is 0 Å². The molecule has 5 N–H and O–H groups in total. The average molecular weight is 664 g/mol. The zero-order valence-electron chi connectivity index (χ0n) is 25.0. The Morgan fingerprint density at radius 2 is 1.43 bits per heavy atom. The van der Waals surface area contributed by atoms with Crippen LogP contribution in [0.2, 0.25) is 0 Å². The van der Waals surface area contributed by atoms with E-state index in [1.807, 2.05) is 70.1 Å². The van der Waals surface area contributed by atoms with E-state index in [4.69, 9.17) is 10.3 Å². The van der Waals surface area contributed by atoms with E-state index in [1.165, 1.54) is 12.2 Å². The summed E-state index contributed by atoms with van der Waals surface area (Å²) in [7, 11) is -7.22. The molecule has 3 aromatic rings. The van der Waals surface area contributed by atoms with Crippen molar-refractivity contribution in [1.82, 2.24) is 0 Å². The van der Waals surface area contributed by atoms with E-state index in [1.54, 1.807) is 12.1 Å². The summed E-state index contributed by atoms with van der Waals surface area (Å²) in [5, 5.41) is 22.5. The fourth-order valence-electron chi connectivity index (χ4n) is 5.62. The van der Waals surface area contributed by atoms with Gasteiger partial charge in [0.1, 0.15) is 12.3 Å². The second kappa shape index (κ2) is 13.5. The molecular formula is C33H35N4O7S2+. The third-order valence-electron chi connectivity index (χ3n) is 7.86. The predicted octanol–water partition coefficient (Wildman–Crippen LogP) is 3.03. The lowest BCUT2D eigenvalue weighted by atomic mass is 10.0.